The summed E-state index contributed by atoms with van der Waals surface area (Å²) in [5.74, 6) is -0.583. The van der Waals surface area contributed by atoms with Gasteiger partial charge < -0.3 is 4.90 Å². The summed E-state index contributed by atoms with van der Waals surface area (Å²) in [4.78, 5) is 6.58. The second-order valence-electron chi connectivity index (χ2n) is 7.29. The number of benzene rings is 1. The number of aromatic nitrogens is 2. The van der Waals surface area contributed by atoms with Gasteiger partial charge in [0.1, 0.15) is 5.82 Å². The molecule has 0 aliphatic heterocycles. The molecule has 0 saturated heterocycles. The number of rotatable bonds is 4. The molecule has 0 spiro atoms. The van der Waals surface area contributed by atoms with Gasteiger partial charge in [0.05, 0.1) is 15.9 Å². The molecule has 2 aromatic heterocycles. The zero-order valence-corrected chi connectivity index (χ0v) is 16.7. The molecule has 7 heteroatoms. The van der Waals surface area contributed by atoms with Gasteiger partial charge in [-0.15, -0.1) is 0 Å². The summed E-state index contributed by atoms with van der Waals surface area (Å²) >= 11 is 0. The summed E-state index contributed by atoms with van der Waals surface area (Å²) in [6.07, 6.45) is 8.25. The number of pyridine rings is 1. The first-order valence-electron chi connectivity index (χ1n) is 9.21. The molecular formula is C21H22FN3O2S. The molecule has 0 saturated carbocycles. The summed E-state index contributed by atoms with van der Waals surface area (Å²) < 4.78 is 41.2. The molecule has 4 rings (SSSR count). The molecule has 1 aliphatic carbocycles. The van der Waals surface area contributed by atoms with Gasteiger partial charge in [0, 0.05) is 24.0 Å². The topological polar surface area (TPSA) is 55.2 Å². The molecule has 0 amide bonds. The van der Waals surface area contributed by atoms with E-state index in [1.165, 1.54) is 22.2 Å². The monoisotopic (exact) mass is 399 g/mol. The molecule has 1 unspecified atom stereocenters. The van der Waals surface area contributed by atoms with Crippen LogP contribution < -0.4 is 0 Å². The van der Waals surface area contributed by atoms with Crippen molar-refractivity contribution in [2.24, 2.45) is 0 Å². The lowest BCUT2D eigenvalue weighted by atomic mass is 9.91. The van der Waals surface area contributed by atoms with Crippen LogP contribution in [0.5, 0.6) is 0 Å². The quantitative estimate of drug-likeness (QED) is 0.668. The van der Waals surface area contributed by atoms with Crippen molar-refractivity contribution >= 4 is 26.6 Å². The minimum atomic E-state index is -3.93. The van der Waals surface area contributed by atoms with E-state index in [1.54, 1.807) is 24.5 Å². The summed E-state index contributed by atoms with van der Waals surface area (Å²) in [6, 6.07) is 9.00. The van der Waals surface area contributed by atoms with Gasteiger partial charge in [-0.3, -0.25) is 4.98 Å². The smallest absolute Gasteiger partial charge is 0.268 e. The lowest BCUT2D eigenvalue weighted by Gasteiger charge is -2.27. The van der Waals surface area contributed by atoms with Crippen molar-refractivity contribution in [2.45, 2.75) is 30.2 Å². The van der Waals surface area contributed by atoms with Crippen LogP contribution >= 0.6 is 0 Å². The average Bonchev–Trinajstić information content (AvgIpc) is 3.08. The summed E-state index contributed by atoms with van der Waals surface area (Å²) in [5, 5.41) is 0. The first-order valence-corrected chi connectivity index (χ1v) is 10.6. The van der Waals surface area contributed by atoms with Gasteiger partial charge in [-0.25, -0.2) is 16.8 Å². The van der Waals surface area contributed by atoms with Crippen LogP contribution in [0, 0.1) is 5.82 Å². The minimum Gasteiger partial charge on any atom is -0.306 e. The van der Waals surface area contributed by atoms with Gasteiger partial charge in [-0.1, -0.05) is 12.1 Å². The number of nitrogens with zero attached hydrogens (tertiary/aromatic N) is 3. The fourth-order valence-corrected chi connectivity index (χ4v) is 5.13. The Morgan fingerprint density at radius 2 is 2.04 bits per heavy atom. The highest BCUT2D eigenvalue weighted by Gasteiger charge is 2.25. The van der Waals surface area contributed by atoms with Crippen molar-refractivity contribution in [3.8, 4) is 0 Å². The zero-order valence-electron chi connectivity index (χ0n) is 15.8. The van der Waals surface area contributed by atoms with Crippen molar-refractivity contribution in [1.29, 1.82) is 0 Å². The molecule has 0 N–H and O–H groups in total. The van der Waals surface area contributed by atoms with Crippen LogP contribution in [0.4, 0.5) is 4.39 Å². The summed E-state index contributed by atoms with van der Waals surface area (Å²) in [6.45, 7) is 0. The number of halogens is 1. The Morgan fingerprint density at radius 1 is 1.21 bits per heavy atom. The maximum Gasteiger partial charge on any atom is 0.268 e. The molecule has 3 aromatic rings. The molecule has 1 aromatic carbocycles. The van der Waals surface area contributed by atoms with E-state index in [2.05, 4.69) is 30.1 Å². The highest BCUT2D eigenvalue weighted by atomic mass is 32.2. The molecule has 2 heterocycles. The fourth-order valence-electron chi connectivity index (χ4n) is 3.74. The lowest BCUT2D eigenvalue weighted by Crippen LogP contribution is -2.28. The van der Waals surface area contributed by atoms with Crippen LogP contribution in [0.3, 0.4) is 0 Å². The maximum absolute atomic E-state index is 13.6. The Balaban J connectivity index is 1.84. The Kier molecular flexibility index (Phi) is 4.81. The van der Waals surface area contributed by atoms with Gasteiger partial charge in [0.15, 0.2) is 0 Å². The third-order valence-corrected chi connectivity index (χ3v) is 7.01. The normalized spacial score (nSPS) is 17.9. The minimum absolute atomic E-state index is 0.0786. The van der Waals surface area contributed by atoms with Gasteiger partial charge in [0.2, 0.25) is 0 Å². The van der Waals surface area contributed by atoms with Crippen LogP contribution in [0.1, 0.15) is 24.8 Å². The van der Waals surface area contributed by atoms with Gasteiger partial charge in [-0.2, -0.15) is 0 Å². The van der Waals surface area contributed by atoms with Crippen molar-refractivity contribution in [3.05, 3.63) is 66.2 Å². The molecular weight excluding hydrogens is 377 g/mol. The summed E-state index contributed by atoms with van der Waals surface area (Å²) in [7, 11) is 0.215. The molecule has 146 valence electrons. The van der Waals surface area contributed by atoms with E-state index in [-0.39, 0.29) is 4.90 Å². The Bertz CT molecular complexity index is 1170. The highest BCUT2D eigenvalue weighted by Crippen LogP contribution is 2.34. The zero-order chi connectivity index (χ0) is 19.9. The molecule has 1 aliphatic rings. The molecule has 0 bridgehead atoms. The molecule has 5 nitrogen and oxygen atoms in total. The Morgan fingerprint density at radius 3 is 2.71 bits per heavy atom. The molecule has 0 fully saturated rings. The van der Waals surface area contributed by atoms with E-state index < -0.39 is 15.8 Å². The van der Waals surface area contributed by atoms with Crippen molar-refractivity contribution in [2.75, 3.05) is 14.1 Å². The average molecular weight is 399 g/mol. The standard InChI is InChI=1S/C21H22FN3O2S/c1-24(2)17-10-8-15(9-11-17)19-14-25(20-7-4-12-23-21(19)20)28(26,27)18-6-3-5-16(22)13-18/h3-8,12-14,17H,9-11H2,1-2H3. The molecule has 0 radical (unpaired) electrons. The Labute approximate surface area is 164 Å². The predicted octanol–water partition coefficient (Wildman–Crippen LogP) is 3.91. The van der Waals surface area contributed by atoms with Crippen LogP contribution in [-0.4, -0.2) is 42.4 Å². The first kappa shape index (κ1) is 18.8. The van der Waals surface area contributed by atoms with Crippen LogP contribution in [0.25, 0.3) is 16.6 Å². The van der Waals surface area contributed by atoms with Gasteiger partial charge >= 0.3 is 0 Å². The first-order chi connectivity index (χ1) is 13.4. The number of fused-ring (bicyclic) bond motifs is 1. The third kappa shape index (κ3) is 3.25. The van der Waals surface area contributed by atoms with Crippen molar-refractivity contribution in [1.82, 2.24) is 13.9 Å². The molecule has 28 heavy (non-hydrogen) atoms. The van der Waals surface area contributed by atoms with E-state index in [9.17, 15) is 12.8 Å². The van der Waals surface area contributed by atoms with Crippen molar-refractivity contribution < 1.29 is 12.8 Å². The van der Waals surface area contributed by atoms with Crippen LogP contribution in [0.2, 0.25) is 0 Å². The van der Waals surface area contributed by atoms with Gasteiger partial charge in [0.25, 0.3) is 10.0 Å². The summed E-state index contributed by atoms with van der Waals surface area (Å²) in [5.41, 5.74) is 3.08. The maximum atomic E-state index is 13.6. The Hall–Kier alpha value is -2.51. The van der Waals surface area contributed by atoms with E-state index >= 15 is 0 Å². The highest BCUT2D eigenvalue weighted by molar-refractivity contribution is 7.90. The second kappa shape index (κ2) is 7.14. The fraction of sp³-hybridized carbons (Fsp3) is 0.286. The van der Waals surface area contributed by atoms with E-state index in [0.29, 0.717) is 17.1 Å². The van der Waals surface area contributed by atoms with Crippen LogP contribution in [0.15, 0.2) is 59.8 Å². The number of hydrogen-bond donors (Lipinski definition) is 0. The largest absolute Gasteiger partial charge is 0.306 e. The SMILES string of the molecule is CN(C)C1CC=C(c2cn(S(=O)(=O)c3cccc(F)c3)c3cccnc23)CC1. The van der Waals surface area contributed by atoms with Gasteiger partial charge in [-0.05, 0) is 69.3 Å². The number of allylic oxidation sites excluding steroid dienone is 1. The van der Waals surface area contributed by atoms with E-state index in [0.717, 1.165) is 36.5 Å². The van der Waals surface area contributed by atoms with Crippen LogP contribution in [-0.2, 0) is 10.0 Å². The molecule has 1 atom stereocenters. The third-order valence-electron chi connectivity index (χ3n) is 5.34. The predicted molar refractivity (Wildman–Crippen MR) is 108 cm³/mol. The van der Waals surface area contributed by atoms with E-state index in [1.807, 2.05) is 0 Å². The van der Waals surface area contributed by atoms with Crippen molar-refractivity contribution in [3.63, 3.8) is 0 Å². The number of hydrogen-bond acceptors (Lipinski definition) is 4. The lowest BCUT2D eigenvalue weighted by molar-refractivity contribution is 0.278. The van der Waals surface area contributed by atoms with E-state index in [4.69, 9.17) is 0 Å². The second-order valence-corrected chi connectivity index (χ2v) is 9.11.